The molecule has 0 heterocycles. The first-order chi connectivity index (χ1) is 9.03. The second-order valence-corrected chi connectivity index (χ2v) is 3.41. The molecule has 1 rings (SSSR count). The third-order valence-electron chi connectivity index (χ3n) is 2.35. The van der Waals surface area contributed by atoms with Crippen LogP contribution in [0.3, 0.4) is 0 Å². The highest BCUT2D eigenvalue weighted by molar-refractivity contribution is 5.77. The van der Waals surface area contributed by atoms with Crippen molar-refractivity contribution in [1.29, 1.82) is 0 Å². The van der Waals surface area contributed by atoms with Gasteiger partial charge in [0.1, 0.15) is 12.2 Å². The minimum atomic E-state index is -0.582. The summed E-state index contributed by atoms with van der Waals surface area (Å²) >= 11 is 0. The van der Waals surface area contributed by atoms with Crippen LogP contribution in [0.5, 0.6) is 11.5 Å². The van der Waals surface area contributed by atoms with Gasteiger partial charge in [-0.05, 0) is 0 Å². The molecule has 8 nitrogen and oxygen atoms in total. The van der Waals surface area contributed by atoms with E-state index in [1.54, 1.807) is 0 Å². The van der Waals surface area contributed by atoms with Crippen molar-refractivity contribution in [2.75, 3.05) is 33.2 Å². The van der Waals surface area contributed by atoms with E-state index in [1.807, 2.05) is 0 Å². The van der Waals surface area contributed by atoms with Crippen molar-refractivity contribution in [3.63, 3.8) is 0 Å². The number of carbonyl (C=O) groups excluding carboxylic acids is 1. The van der Waals surface area contributed by atoms with Crippen molar-refractivity contribution in [1.82, 2.24) is 0 Å². The zero-order chi connectivity index (χ0) is 14.4. The summed E-state index contributed by atoms with van der Waals surface area (Å²) in [6, 6.07) is 2.61. The minimum Gasteiger partial charge on any atom is -0.493 e. The first kappa shape index (κ1) is 14.6. The van der Waals surface area contributed by atoms with E-state index in [4.69, 9.17) is 9.47 Å². The summed E-state index contributed by atoms with van der Waals surface area (Å²) < 4.78 is 14.5. The highest BCUT2D eigenvalue weighted by Crippen LogP contribution is 2.37. The summed E-state index contributed by atoms with van der Waals surface area (Å²) in [5.74, 6) is 0.0161. The third kappa shape index (κ3) is 3.47. The van der Waals surface area contributed by atoms with Gasteiger partial charge in [0, 0.05) is 6.07 Å². The number of ether oxygens (including phenoxy) is 3. The van der Waals surface area contributed by atoms with Crippen LogP contribution in [-0.2, 0) is 9.53 Å². The van der Waals surface area contributed by atoms with Gasteiger partial charge in [-0.2, -0.15) is 0 Å². The van der Waals surface area contributed by atoms with Gasteiger partial charge in [-0.25, -0.2) is 0 Å². The Bertz CT molecular complexity index is 488. The lowest BCUT2D eigenvalue weighted by molar-refractivity contribution is -0.384. The lowest BCUT2D eigenvalue weighted by atomic mass is 10.2. The number of hydrogen-bond acceptors (Lipinski definition) is 7. The molecule has 0 saturated heterocycles. The number of anilines is 1. The Morgan fingerprint density at radius 3 is 2.32 bits per heavy atom. The van der Waals surface area contributed by atoms with E-state index in [2.05, 4.69) is 10.1 Å². The topological polar surface area (TPSA) is 99.9 Å². The molecular weight excluding hydrogens is 256 g/mol. The predicted molar refractivity (Wildman–Crippen MR) is 66.7 cm³/mol. The second kappa shape index (κ2) is 6.43. The van der Waals surface area contributed by atoms with E-state index in [9.17, 15) is 14.9 Å². The van der Waals surface area contributed by atoms with Crippen molar-refractivity contribution in [2.45, 2.75) is 0 Å². The highest BCUT2D eigenvalue weighted by atomic mass is 16.6. The number of rotatable bonds is 6. The molecule has 104 valence electrons. The predicted octanol–water partition coefficient (Wildman–Crippen LogP) is 1.20. The van der Waals surface area contributed by atoms with Gasteiger partial charge in [-0.15, -0.1) is 0 Å². The molecular formula is C11H14N2O6. The van der Waals surface area contributed by atoms with Gasteiger partial charge in [0.2, 0.25) is 0 Å². The summed E-state index contributed by atoms with van der Waals surface area (Å²) in [6.07, 6.45) is 0. The number of esters is 1. The van der Waals surface area contributed by atoms with E-state index in [-0.39, 0.29) is 23.7 Å². The average Bonchev–Trinajstić information content (AvgIpc) is 2.43. The van der Waals surface area contributed by atoms with E-state index in [0.717, 1.165) is 0 Å². The molecule has 0 aliphatic heterocycles. The van der Waals surface area contributed by atoms with Crippen LogP contribution in [-0.4, -0.2) is 38.8 Å². The Hall–Kier alpha value is -2.51. The smallest absolute Gasteiger partial charge is 0.325 e. The van der Waals surface area contributed by atoms with Gasteiger partial charge in [0.25, 0.3) is 5.69 Å². The Morgan fingerprint density at radius 1 is 1.26 bits per heavy atom. The van der Waals surface area contributed by atoms with Crippen LogP contribution in [0.1, 0.15) is 0 Å². The van der Waals surface area contributed by atoms with E-state index in [0.29, 0.717) is 5.75 Å². The SMILES string of the molecule is COC(=O)CNc1cc(OC)c(OC)cc1[N+](=O)[O-]. The number of methoxy groups -OCH3 is 3. The first-order valence-electron chi connectivity index (χ1n) is 5.24. The summed E-state index contributed by atoms with van der Waals surface area (Å²) in [5, 5.41) is 13.6. The van der Waals surface area contributed by atoms with Crippen LogP contribution in [0, 0.1) is 10.1 Å². The van der Waals surface area contributed by atoms with Gasteiger partial charge in [-0.3, -0.25) is 14.9 Å². The molecule has 0 aromatic heterocycles. The maximum Gasteiger partial charge on any atom is 0.325 e. The second-order valence-electron chi connectivity index (χ2n) is 3.41. The third-order valence-corrected chi connectivity index (χ3v) is 2.35. The van der Waals surface area contributed by atoms with Crippen LogP contribution in [0.2, 0.25) is 0 Å². The molecule has 19 heavy (non-hydrogen) atoms. The molecule has 8 heteroatoms. The van der Waals surface area contributed by atoms with E-state index < -0.39 is 10.9 Å². The van der Waals surface area contributed by atoms with E-state index >= 15 is 0 Å². The molecule has 1 aromatic carbocycles. The number of carbonyl (C=O) groups is 1. The lowest BCUT2D eigenvalue weighted by Crippen LogP contribution is -2.15. The zero-order valence-electron chi connectivity index (χ0n) is 10.8. The standard InChI is InChI=1S/C11H14N2O6/c1-17-9-4-7(12-6-11(14)19-3)8(13(15)16)5-10(9)18-2/h4-5,12H,6H2,1-3H3. The first-order valence-corrected chi connectivity index (χ1v) is 5.24. The van der Waals surface area contributed by atoms with Crippen LogP contribution < -0.4 is 14.8 Å². The molecule has 0 radical (unpaired) electrons. The van der Waals surface area contributed by atoms with Crippen molar-refractivity contribution in [2.24, 2.45) is 0 Å². The summed E-state index contributed by atoms with van der Waals surface area (Å²) in [4.78, 5) is 21.4. The molecule has 0 spiro atoms. The summed E-state index contributed by atoms with van der Waals surface area (Å²) in [7, 11) is 4.02. The number of hydrogen-bond donors (Lipinski definition) is 1. The lowest BCUT2D eigenvalue weighted by Gasteiger charge is -2.11. The fraction of sp³-hybridized carbons (Fsp3) is 0.364. The van der Waals surface area contributed by atoms with Gasteiger partial charge >= 0.3 is 5.97 Å². The van der Waals surface area contributed by atoms with Crippen LogP contribution in [0.25, 0.3) is 0 Å². The van der Waals surface area contributed by atoms with Crippen molar-refractivity contribution >= 4 is 17.3 Å². The maximum atomic E-state index is 11.0. The summed E-state index contributed by atoms with van der Waals surface area (Å²) in [6.45, 7) is -0.188. The van der Waals surface area contributed by atoms with Crippen molar-refractivity contribution in [3.8, 4) is 11.5 Å². The quantitative estimate of drug-likeness (QED) is 0.471. The number of nitrogens with one attached hydrogen (secondary N) is 1. The molecule has 0 saturated carbocycles. The van der Waals surface area contributed by atoms with Gasteiger partial charge < -0.3 is 19.5 Å². The molecule has 0 aliphatic carbocycles. The highest BCUT2D eigenvalue weighted by Gasteiger charge is 2.19. The number of nitro benzene ring substituents is 1. The molecule has 0 atom stereocenters. The zero-order valence-corrected chi connectivity index (χ0v) is 10.8. The Kier molecular flexibility index (Phi) is 4.92. The average molecular weight is 270 g/mol. The van der Waals surface area contributed by atoms with Gasteiger partial charge in [0.05, 0.1) is 32.3 Å². The Morgan fingerprint density at radius 2 is 1.84 bits per heavy atom. The number of benzene rings is 1. The maximum absolute atomic E-state index is 11.0. The fourth-order valence-electron chi connectivity index (χ4n) is 1.40. The van der Waals surface area contributed by atoms with Crippen molar-refractivity contribution in [3.05, 3.63) is 22.2 Å². The molecule has 0 fully saturated rings. The Labute approximate surface area is 109 Å². The van der Waals surface area contributed by atoms with Gasteiger partial charge in [0.15, 0.2) is 11.5 Å². The molecule has 0 unspecified atom stereocenters. The fourth-order valence-corrected chi connectivity index (χ4v) is 1.40. The number of nitrogens with zero attached hydrogens (tertiary/aromatic N) is 1. The monoisotopic (exact) mass is 270 g/mol. The Balaban J connectivity index is 3.12. The van der Waals surface area contributed by atoms with E-state index in [1.165, 1.54) is 33.5 Å². The number of nitro groups is 1. The van der Waals surface area contributed by atoms with Crippen LogP contribution >= 0.6 is 0 Å². The largest absolute Gasteiger partial charge is 0.493 e. The van der Waals surface area contributed by atoms with Gasteiger partial charge in [-0.1, -0.05) is 0 Å². The normalized spacial score (nSPS) is 9.63. The molecule has 0 amide bonds. The summed E-state index contributed by atoms with van der Waals surface area (Å²) in [5.41, 5.74) is -0.0744. The van der Waals surface area contributed by atoms with Crippen LogP contribution in [0.15, 0.2) is 12.1 Å². The van der Waals surface area contributed by atoms with Crippen LogP contribution in [0.4, 0.5) is 11.4 Å². The molecule has 1 aromatic rings. The molecule has 0 bridgehead atoms. The molecule has 1 N–H and O–H groups in total. The molecule has 0 aliphatic rings. The van der Waals surface area contributed by atoms with Crippen molar-refractivity contribution < 1.29 is 23.9 Å². The minimum absolute atomic E-state index is 0.146.